The Morgan fingerprint density at radius 2 is 1.84 bits per heavy atom. The van der Waals surface area contributed by atoms with Crippen LogP contribution >= 0.6 is 0 Å². The Morgan fingerprint density at radius 3 is 2.50 bits per heavy atom. The Hall–Kier alpha value is -3.29. The second-order valence-corrected chi connectivity index (χ2v) is 8.05. The zero-order valence-electron chi connectivity index (χ0n) is 18.9. The summed E-state index contributed by atoms with van der Waals surface area (Å²) in [6.07, 6.45) is 1.73. The number of ether oxygens (including phenoxy) is 3. The first-order chi connectivity index (χ1) is 15.4. The van der Waals surface area contributed by atoms with E-state index in [0.717, 1.165) is 12.8 Å². The minimum absolute atomic E-state index is 0.0373. The third-order valence-electron chi connectivity index (χ3n) is 6.01. The van der Waals surface area contributed by atoms with E-state index in [1.165, 1.54) is 0 Å². The number of amides is 1. The van der Waals surface area contributed by atoms with E-state index in [9.17, 15) is 14.4 Å². The molecule has 1 amide bonds. The fraction of sp³-hybridized carbons (Fsp3) is 0.458. The van der Waals surface area contributed by atoms with Crippen molar-refractivity contribution in [3.63, 3.8) is 0 Å². The van der Waals surface area contributed by atoms with Crippen molar-refractivity contribution in [2.75, 3.05) is 19.9 Å². The maximum absolute atomic E-state index is 13.4. The van der Waals surface area contributed by atoms with Crippen LogP contribution in [0.1, 0.15) is 69.2 Å². The van der Waals surface area contributed by atoms with Gasteiger partial charge < -0.3 is 23.7 Å². The monoisotopic (exact) mass is 440 g/mol. The van der Waals surface area contributed by atoms with Crippen molar-refractivity contribution in [2.45, 2.75) is 53.1 Å². The van der Waals surface area contributed by atoms with Crippen LogP contribution in [0, 0.1) is 13.8 Å². The average Bonchev–Trinajstić information content (AvgIpc) is 3.44. The highest BCUT2D eigenvalue weighted by Gasteiger charge is 2.36. The van der Waals surface area contributed by atoms with Gasteiger partial charge in [0, 0.05) is 29.4 Å². The molecule has 1 aliphatic carbocycles. The average molecular weight is 440 g/mol. The molecule has 2 aliphatic rings. The Balaban J connectivity index is 1.62. The zero-order chi connectivity index (χ0) is 23.0. The fourth-order valence-corrected chi connectivity index (χ4v) is 4.35. The minimum Gasteiger partial charge on any atom is -0.461 e. The number of carbonyl (C=O) groups excluding carboxylic acids is 3. The summed E-state index contributed by atoms with van der Waals surface area (Å²) in [5.41, 5.74) is 2.65. The van der Waals surface area contributed by atoms with E-state index in [1.807, 2.05) is 18.4 Å². The summed E-state index contributed by atoms with van der Waals surface area (Å²) in [6.45, 7) is 8.14. The van der Waals surface area contributed by atoms with Crippen LogP contribution in [0.2, 0.25) is 0 Å². The Bertz CT molecular complexity index is 1080. The van der Waals surface area contributed by atoms with E-state index in [1.54, 1.807) is 36.9 Å². The summed E-state index contributed by atoms with van der Waals surface area (Å²) in [6, 6.07) is 5.10. The first-order valence-corrected chi connectivity index (χ1v) is 11.0. The molecule has 32 heavy (non-hydrogen) atoms. The Morgan fingerprint density at radius 1 is 1.12 bits per heavy atom. The van der Waals surface area contributed by atoms with Crippen LogP contribution in [0.4, 0.5) is 0 Å². The number of Topliss-reactive ketones (excluding diaryl/α,β-unsaturated/α-hetero) is 1. The van der Waals surface area contributed by atoms with Gasteiger partial charge >= 0.3 is 5.97 Å². The summed E-state index contributed by atoms with van der Waals surface area (Å²) in [5.74, 6) is 0.302. The maximum atomic E-state index is 13.4. The van der Waals surface area contributed by atoms with Gasteiger partial charge in [0.25, 0.3) is 5.91 Å². The van der Waals surface area contributed by atoms with Crippen LogP contribution in [0.25, 0.3) is 0 Å². The second-order valence-electron chi connectivity index (χ2n) is 8.05. The lowest BCUT2D eigenvalue weighted by molar-refractivity contribution is 0.0512. The van der Waals surface area contributed by atoms with Crippen molar-refractivity contribution in [2.24, 2.45) is 0 Å². The number of rotatable bonds is 8. The van der Waals surface area contributed by atoms with Gasteiger partial charge in [0.2, 0.25) is 6.79 Å². The van der Waals surface area contributed by atoms with Crippen molar-refractivity contribution < 1.29 is 28.6 Å². The number of fused-ring (bicyclic) bond motifs is 1. The first kappa shape index (κ1) is 21.9. The van der Waals surface area contributed by atoms with Gasteiger partial charge in [-0.05, 0) is 64.3 Å². The van der Waals surface area contributed by atoms with E-state index in [2.05, 4.69) is 0 Å². The molecular formula is C24H28N2O6. The van der Waals surface area contributed by atoms with E-state index in [4.69, 9.17) is 14.2 Å². The Kier molecular flexibility index (Phi) is 5.95. The molecule has 8 nitrogen and oxygen atoms in total. The van der Waals surface area contributed by atoms with Crippen molar-refractivity contribution in [1.82, 2.24) is 9.47 Å². The van der Waals surface area contributed by atoms with Crippen LogP contribution in [0.15, 0.2) is 18.2 Å². The van der Waals surface area contributed by atoms with Crippen molar-refractivity contribution in [3.05, 3.63) is 46.3 Å². The van der Waals surface area contributed by atoms with Gasteiger partial charge in [-0.1, -0.05) is 0 Å². The lowest BCUT2D eigenvalue weighted by Gasteiger charge is -2.22. The quantitative estimate of drug-likeness (QED) is 0.461. The number of carbonyl (C=O) groups is 3. The number of hydrogen-bond acceptors (Lipinski definition) is 6. The predicted octanol–water partition coefficient (Wildman–Crippen LogP) is 3.52. The lowest BCUT2D eigenvalue weighted by atomic mass is 10.0. The van der Waals surface area contributed by atoms with Gasteiger partial charge in [-0.2, -0.15) is 0 Å². The van der Waals surface area contributed by atoms with Crippen LogP contribution in [-0.2, 0) is 11.3 Å². The third kappa shape index (κ3) is 3.85. The molecule has 0 bridgehead atoms. The predicted molar refractivity (Wildman–Crippen MR) is 116 cm³/mol. The SMILES string of the molecule is CCOC(=O)c1c(C)c(C(=O)CN(C(=O)c2ccc3c(c2)OCO3)C2CC2)c(C)n1CC. The third-order valence-corrected chi connectivity index (χ3v) is 6.01. The van der Waals surface area contributed by atoms with E-state index >= 15 is 0 Å². The largest absolute Gasteiger partial charge is 0.461 e. The molecule has 1 aromatic heterocycles. The summed E-state index contributed by atoms with van der Waals surface area (Å²) in [7, 11) is 0. The van der Waals surface area contributed by atoms with Crippen molar-refractivity contribution in [3.8, 4) is 11.5 Å². The number of esters is 1. The first-order valence-electron chi connectivity index (χ1n) is 11.0. The summed E-state index contributed by atoms with van der Waals surface area (Å²) >= 11 is 0. The highest BCUT2D eigenvalue weighted by atomic mass is 16.7. The van der Waals surface area contributed by atoms with Crippen LogP contribution < -0.4 is 9.47 Å². The molecule has 1 aromatic carbocycles. The standard InChI is InChI=1S/C24H28N2O6/c1-5-25-15(4)21(14(3)22(25)24(29)30-6-2)18(27)12-26(17-8-9-17)23(28)16-7-10-19-20(11-16)32-13-31-19/h7,10-11,17H,5-6,8-9,12-13H2,1-4H3. The van der Waals surface area contributed by atoms with E-state index in [0.29, 0.717) is 46.1 Å². The Labute approximate surface area is 187 Å². The van der Waals surface area contributed by atoms with Crippen LogP contribution in [0.3, 0.4) is 0 Å². The molecule has 1 fully saturated rings. The number of nitrogens with zero attached hydrogens (tertiary/aromatic N) is 2. The number of benzene rings is 1. The van der Waals surface area contributed by atoms with Gasteiger partial charge in [-0.3, -0.25) is 9.59 Å². The lowest BCUT2D eigenvalue weighted by Crippen LogP contribution is -2.37. The van der Waals surface area contributed by atoms with E-state index < -0.39 is 5.97 Å². The molecule has 0 unspecified atom stereocenters. The number of hydrogen-bond donors (Lipinski definition) is 0. The van der Waals surface area contributed by atoms with Crippen LogP contribution in [0.5, 0.6) is 11.5 Å². The summed E-state index contributed by atoms with van der Waals surface area (Å²) in [4.78, 5) is 40.8. The molecule has 0 spiro atoms. The fourth-order valence-electron chi connectivity index (χ4n) is 4.35. The smallest absolute Gasteiger partial charge is 0.355 e. The highest BCUT2D eigenvalue weighted by Crippen LogP contribution is 2.35. The second kappa shape index (κ2) is 8.68. The topological polar surface area (TPSA) is 87.1 Å². The molecular weight excluding hydrogens is 412 g/mol. The molecule has 0 radical (unpaired) electrons. The molecule has 2 heterocycles. The molecule has 170 valence electrons. The minimum atomic E-state index is -0.440. The van der Waals surface area contributed by atoms with Crippen molar-refractivity contribution >= 4 is 17.7 Å². The highest BCUT2D eigenvalue weighted by molar-refractivity contribution is 6.06. The van der Waals surface area contributed by atoms with E-state index in [-0.39, 0.29) is 37.7 Å². The zero-order valence-corrected chi connectivity index (χ0v) is 18.9. The molecule has 4 rings (SSSR count). The number of ketones is 1. The molecule has 1 aliphatic heterocycles. The molecule has 0 saturated heterocycles. The van der Waals surface area contributed by atoms with Gasteiger partial charge in [-0.15, -0.1) is 0 Å². The molecule has 0 N–H and O–H groups in total. The maximum Gasteiger partial charge on any atom is 0.355 e. The molecule has 1 saturated carbocycles. The molecule has 8 heteroatoms. The summed E-state index contributed by atoms with van der Waals surface area (Å²) in [5, 5.41) is 0. The van der Waals surface area contributed by atoms with Gasteiger partial charge in [0.05, 0.1) is 13.2 Å². The van der Waals surface area contributed by atoms with Crippen LogP contribution in [-0.4, -0.2) is 53.1 Å². The molecule has 2 aromatic rings. The van der Waals surface area contributed by atoms with Gasteiger partial charge in [-0.25, -0.2) is 4.79 Å². The number of aromatic nitrogens is 1. The molecule has 0 atom stereocenters. The normalized spacial score (nSPS) is 14.4. The van der Waals surface area contributed by atoms with Gasteiger partial charge in [0.1, 0.15) is 5.69 Å². The van der Waals surface area contributed by atoms with Crippen molar-refractivity contribution in [1.29, 1.82) is 0 Å². The summed E-state index contributed by atoms with van der Waals surface area (Å²) < 4.78 is 17.7. The van der Waals surface area contributed by atoms with Gasteiger partial charge in [0.15, 0.2) is 17.3 Å².